The Hall–Kier alpha value is -1.63. The van der Waals surface area contributed by atoms with Gasteiger partial charge in [-0.25, -0.2) is 4.98 Å². The lowest BCUT2D eigenvalue weighted by molar-refractivity contribution is 0.390. The normalized spacial score (nSPS) is 10.1. The van der Waals surface area contributed by atoms with E-state index in [4.69, 9.17) is 4.74 Å². The van der Waals surface area contributed by atoms with Crippen molar-refractivity contribution in [2.24, 2.45) is 0 Å². The molecule has 0 aliphatic rings. The third kappa shape index (κ3) is 1.99. The zero-order valence-electron chi connectivity index (χ0n) is 7.34. The maximum absolute atomic E-state index is 4.89. The maximum atomic E-state index is 4.89. The average molecular weight is 209 g/mol. The van der Waals surface area contributed by atoms with Gasteiger partial charge in [-0.15, -0.1) is 10.2 Å². The molecule has 0 saturated carbocycles. The second-order valence-electron chi connectivity index (χ2n) is 2.31. The minimum absolute atomic E-state index is 0.493. The summed E-state index contributed by atoms with van der Waals surface area (Å²) in [5.41, 5.74) is 0. The molecule has 0 aliphatic carbocycles. The fourth-order valence-corrected chi connectivity index (χ4v) is 1.43. The Morgan fingerprint density at radius 3 is 2.86 bits per heavy atom. The van der Waals surface area contributed by atoms with E-state index in [1.165, 1.54) is 18.1 Å². The van der Waals surface area contributed by atoms with Crippen LogP contribution in [0.2, 0.25) is 0 Å². The first-order valence-electron chi connectivity index (χ1n) is 3.79. The van der Waals surface area contributed by atoms with Crippen LogP contribution < -0.4 is 4.74 Å². The number of hydrogen-bond donors (Lipinski definition) is 1. The molecule has 14 heavy (non-hydrogen) atoms. The molecule has 0 spiro atoms. The predicted octanol–water partition coefficient (Wildman–Crippen LogP) is 0.754. The van der Waals surface area contributed by atoms with E-state index in [1.807, 2.05) is 0 Å². The molecule has 7 heteroatoms. The summed E-state index contributed by atoms with van der Waals surface area (Å²) in [6.07, 6.45) is 1.44. The number of hydrogen-bond acceptors (Lipinski definition) is 6. The summed E-state index contributed by atoms with van der Waals surface area (Å²) in [6.45, 7) is 0. The molecule has 0 aromatic carbocycles. The van der Waals surface area contributed by atoms with Gasteiger partial charge >= 0.3 is 0 Å². The highest BCUT2D eigenvalue weighted by molar-refractivity contribution is 7.99. The lowest BCUT2D eigenvalue weighted by atomic mass is 10.6. The van der Waals surface area contributed by atoms with E-state index in [0.717, 1.165) is 5.03 Å². The number of aromatic nitrogens is 5. The zero-order chi connectivity index (χ0) is 9.80. The van der Waals surface area contributed by atoms with Gasteiger partial charge in [-0.3, -0.25) is 5.10 Å². The van der Waals surface area contributed by atoms with Crippen molar-refractivity contribution in [1.29, 1.82) is 0 Å². The van der Waals surface area contributed by atoms with Gasteiger partial charge in [0.1, 0.15) is 11.4 Å². The van der Waals surface area contributed by atoms with E-state index in [0.29, 0.717) is 11.0 Å². The van der Waals surface area contributed by atoms with Crippen LogP contribution in [0.1, 0.15) is 0 Å². The molecule has 6 nitrogen and oxygen atoms in total. The first-order chi connectivity index (χ1) is 6.88. The van der Waals surface area contributed by atoms with Gasteiger partial charge in [0.25, 0.3) is 0 Å². The molecule has 72 valence electrons. The van der Waals surface area contributed by atoms with Crippen molar-refractivity contribution in [2.75, 3.05) is 7.11 Å². The molecular formula is C7H7N5OS. The Balaban J connectivity index is 2.10. The summed E-state index contributed by atoms with van der Waals surface area (Å²) in [6, 6.07) is 3.55. The van der Waals surface area contributed by atoms with E-state index < -0.39 is 0 Å². The number of methoxy groups -OCH3 is 1. The molecule has 0 amide bonds. The number of nitrogens with one attached hydrogen (secondary N) is 1. The summed E-state index contributed by atoms with van der Waals surface area (Å²) in [5.74, 6) is 0.493. The number of H-pyrrole nitrogens is 1. The number of nitrogens with zero attached hydrogens (tertiary/aromatic N) is 4. The third-order valence-electron chi connectivity index (χ3n) is 1.42. The monoisotopic (exact) mass is 209 g/mol. The van der Waals surface area contributed by atoms with Crippen molar-refractivity contribution < 1.29 is 4.74 Å². The summed E-state index contributed by atoms with van der Waals surface area (Å²) in [4.78, 5) is 3.95. The lowest BCUT2D eigenvalue weighted by Gasteiger charge is -1.97. The van der Waals surface area contributed by atoms with Crippen molar-refractivity contribution in [3.63, 3.8) is 0 Å². The van der Waals surface area contributed by atoms with Crippen molar-refractivity contribution in [3.05, 3.63) is 18.5 Å². The number of rotatable bonds is 3. The van der Waals surface area contributed by atoms with Gasteiger partial charge in [-0.05, 0) is 17.8 Å². The van der Waals surface area contributed by atoms with Gasteiger partial charge in [-0.2, -0.15) is 5.10 Å². The van der Waals surface area contributed by atoms with Crippen LogP contribution in [0.25, 0.3) is 0 Å². The van der Waals surface area contributed by atoms with E-state index in [9.17, 15) is 0 Å². The Labute approximate surface area is 84.1 Å². The van der Waals surface area contributed by atoms with Crippen molar-refractivity contribution in [3.8, 4) is 5.88 Å². The lowest BCUT2D eigenvalue weighted by Crippen LogP contribution is -1.91. The Morgan fingerprint density at radius 1 is 1.36 bits per heavy atom. The highest BCUT2D eigenvalue weighted by Gasteiger charge is 2.02. The highest BCUT2D eigenvalue weighted by Crippen LogP contribution is 2.21. The second-order valence-corrected chi connectivity index (χ2v) is 3.32. The quantitative estimate of drug-likeness (QED) is 0.804. The minimum Gasteiger partial charge on any atom is -0.480 e. The van der Waals surface area contributed by atoms with E-state index in [2.05, 4.69) is 25.4 Å². The molecule has 0 unspecified atom stereocenters. The summed E-state index contributed by atoms with van der Waals surface area (Å²) >= 11 is 1.36. The molecule has 2 aromatic rings. The van der Waals surface area contributed by atoms with Crippen molar-refractivity contribution >= 4 is 11.8 Å². The molecule has 0 atom stereocenters. The maximum Gasteiger partial charge on any atom is 0.233 e. The smallest absolute Gasteiger partial charge is 0.233 e. The van der Waals surface area contributed by atoms with Crippen LogP contribution >= 0.6 is 11.8 Å². The number of ether oxygens (including phenoxy) is 1. The molecule has 0 radical (unpaired) electrons. The van der Waals surface area contributed by atoms with Gasteiger partial charge in [0.05, 0.1) is 7.11 Å². The van der Waals surface area contributed by atoms with Gasteiger partial charge in [0.15, 0.2) is 5.16 Å². The number of aromatic amines is 1. The fraction of sp³-hybridized carbons (Fsp3) is 0.143. The highest BCUT2D eigenvalue weighted by atomic mass is 32.2. The second kappa shape index (κ2) is 4.05. The Kier molecular flexibility index (Phi) is 2.59. The molecule has 0 aliphatic heterocycles. The first kappa shape index (κ1) is 8.95. The van der Waals surface area contributed by atoms with Crippen molar-refractivity contribution in [2.45, 2.75) is 10.2 Å². The van der Waals surface area contributed by atoms with Crippen LogP contribution in [0.4, 0.5) is 0 Å². The largest absolute Gasteiger partial charge is 0.480 e. The van der Waals surface area contributed by atoms with E-state index in [-0.39, 0.29) is 0 Å². The molecule has 0 fully saturated rings. The molecule has 0 saturated heterocycles. The van der Waals surface area contributed by atoms with Crippen LogP contribution in [0, 0.1) is 0 Å². The van der Waals surface area contributed by atoms with Crippen LogP contribution in [0.15, 0.2) is 28.6 Å². The molecule has 2 heterocycles. The van der Waals surface area contributed by atoms with E-state index >= 15 is 0 Å². The summed E-state index contributed by atoms with van der Waals surface area (Å²) in [5, 5.41) is 15.6. The minimum atomic E-state index is 0.493. The van der Waals surface area contributed by atoms with Crippen LogP contribution in [0.5, 0.6) is 5.88 Å². The van der Waals surface area contributed by atoms with Crippen LogP contribution in [-0.2, 0) is 0 Å². The van der Waals surface area contributed by atoms with E-state index in [1.54, 1.807) is 19.2 Å². The van der Waals surface area contributed by atoms with Crippen LogP contribution in [-0.4, -0.2) is 32.5 Å². The molecule has 2 rings (SSSR count). The third-order valence-corrected chi connectivity index (χ3v) is 2.24. The van der Waals surface area contributed by atoms with Crippen LogP contribution in [0.3, 0.4) is 0 Å². The average Bonchev–Trinajstić information content (AvgIpc) is 2.72. The van der Waals surface area contributed by atoms with Crippen molar-refractivity contribution in [1.82, 2.24) is 25.4 Å². The van der Waals surface area contributed by atoms with Gasteiger partial charge in [-0.1, -0.05) is 0 Å². The SMILES string of the molecule is COc1ccc(Sc2ncn[nH]2)nn1. The summed E-state index contributed by atoms with van der Waals surface area (Å²) < 4.78 is 4.89. The molecule has 0 bridgehead atoms. The Morgan fingerprint density at radius 2 is 2.29 bits per heavy atom. The molecule has 2 aromatic heterocycles. The topological polar surface area (TPSA) is 76.6 Å². The molecule has 1 N–H and O–H groups in total. The fourth-order valence-electron chi connectivity index (χ4n) is 0.814. The predicted molar refractivity (Wildman–Crippen MR) is 49.1 cm³/mol. The van der Waals surface area contributed by atoms with Gasteiger partial charge in [0.2, 0.25) is 5.88 Å². The zero-order valence-corrected chi connectivity index (χ0v) is 8.15. The summed E-state index contributed by atoms with van der Waals surface area (Å²) in [7, 11) is 1.55. The Bertz CT molecular complexity index is 387. The van der Waals surface area contributed by atoms with Gasteiger partial charge in [0, 0.05) is 6.07 Å². The molecular weight excluding hydrogens is 202 g/mol. The van der Waals surface area contributed by atoms with Gasteiger partial charge < -0.3 is 4.74 Å². The first-order valence-corrected chi connectivity index (χ1v) is 4.61. The standard InChI is InChI=1S/C7H7N5OS/c1-13-5-2-3-6(11-10-5)14-7-8-4-9-12-7/h2-4H,1H3,(H,8,9,12).